The Morgan fingerprint density at radius 1 is 1.24 bits per heavy atom. The molecule has 1 aliphatic heterocycles. The third kappa shape index (κ3) is 6.55. The number of hydrogen-bond acceptors (Lipinski definition) is 4. The summed E-state index contributed by atoms with van der Waals surface area (Å²) in [6, 6.07) is 8.47. The van der Waals surface area contributed by atoms with Crippen molar-refractivity contribution in [2.75, 3.05) is 52.3 Å². The van der Waals surface area contributed by atoms with Crippen molar-refractivity contribution >= 4 is 11.6 Å². The summed E-state index contributed by atoms with van der Waals surface area (Å²) in [4.78, 5) is 6.75. The first-order chi connectivity index (χ1) is 12.3. The van der Waals surface area contributed by atoms with Gasteiger partial charge < -0.3 is 25.0 Å². The lowest BCUT2D eigenvalue weighted by Gasteiger charge is -2.34. The maximum atomic E-state index is 5.72. The molecule has 0 bridgehead atoms. The molecule has 0 aromatic heterocycles. The molecule has 0 saturated carbocycles. The molecule has 6 heteroatoms. The minimum absolute atomic E-state index is 0.400. The molecule has 0 amide bonds. The van der Waals surface area contributed by atoms with Gasteiger partial charge in [0.15, 0.2) is 5.96 Å². The molecule has 1 aliphatic rings. The van der Waals surface area contributed by atoms with Gasteiger partial charge in [0.05, 0.1) is 12.7 Å². The van der Waals surface area contributed by atoms with Crippen LogP contribution in [0.3, 0.4) is 0 Å². The highest BCUT2D eigenvalue weighted by Crippen LogP contribution is 2.14. The van der Waals surface area contributed by atoms with Crippen molar-refractivity contribution in [3.05, 3.63) is 29.8 Å². The molecule has 0 radical (unpaired) electrons. The Morgan fingerprint density at radius 3 is 2.56 bits per heavy atom. The van der Waals surface area contributed by atoms with Crippen LogP contribution in [0.5, 0.6) is 0 Å². The maximum absolute atomic E-state index is 5.72. The summed E-state index contributed by atoms with van der Waals surface area (Å²) in [5.74, 6) is 0.970. The Morgan fingerprint density at radius 2 is 1.96 bits per heavy atom. The summed E-state index contributed by atoms with van der Waals surface area (Å²) in [6.45, 7) is 7.15. The Labute approximate surface area is 151 Å². The van der Waals surface area contributed by atoms with E-state index in [1.54, 1.807) is 7.11 Å². The van der Waals surface area contributed by atoms with Crippen LogP contribution in [0.4, 0.5) is 5.69 Å². The number of likely N-dealkylation sites (tertiary alicyclic amines) is 1. The number of aliphatic imine (C=N–C) groups is 1. The number of guanidine groups is 1. The first kappa shape index (κ1) is 19.5. The SMILES string of the molecule is CCOC1CCN(C(=NC)NCc2ccc(NCCOC)cc2)CC1. The van der Waals surface area contributed by atoms with Crippen LogP contribution >= 0.6 is 0 Å². The smallest absolute Gasteiger partial charge is 0.193 e. The number of ether oxygens (including phenoxy) is 2. The molecule has 2 N–H and O–H groups in total. The van der Waals surface area contributed by atoms with E-state index in [0.717, 1.165) is 57.3 Å². The zero-order chi connectivity index (χ0) is 17.9. The average molecular weight is 348 g/mol. The van der Waals surface area contributed by atoms with Gasteiger partial charge in [0.2, 0.25) is 0 Å². The topological polar surface area (TPSA) is 58.1 Å². The Bertz CT molecular complexity index is 511. The van der Waals surface area contributed by atoms with Gasteiger partial charge in [0.25, 0.3) is 0 Å². The number of benzene rings is 1. The molecule has 0 aliphatic carbocycles. The summed E-state index contributed by atoms with van der Waals surface area (Å²) >= 11 is 0. The van der Waals surface area contributed by atoms with Crippen molar-refractivity contribution < 1.29 is 9.47 Å². The molecule has 1 aromatic rings. The fourth-order valence-electron chi connectivity index (χ4n) is 3.02. The van der Waals surface area contributed by atoms with E-state index in [2.05, 4.69) is 51.7 Å². The van der Waals surface area contributed by atoms with Crippen LogP contribution in [0.25, 0.3) is 0 Å². The van der Waals surface area contributed by atoms with Crippen LogP contribution in [0.15, 0.2) is 29.3 Å². The van der Waals surface area contributed by atoms with Gasteiger partial charge >= 0.3 is 0 Å². The van der Waals surface area contributed by atoms with E-state index in [0.29, 0.717) is 12.7 Å². The van der Waals surface area contributed by atoms with Gasteiger partial charge in [-0.15, -0.1) is 0 Å². The predicted molar refractivity (Wildman–Crippen MR) is 103 cm³/mol. The lowest BCUT2D eigenvalue weighted by molar-refractivity contribution is 0.0263. The highest BCUT2D eigenvalue weighted by molar-refractivity contribution is 5.80. The van der Waals surface area contributed by atoms with Crippen molar-refractivity contribution in [2.24, 2.45) is 4.99 Å². The fourth-order valence-corrected chi connectivity index (χ4v) is 3.02. The number of nitrogens with zero attached hydrogens (tertiary/aromatic N) is 2. The second-order valence-corrected chi connectivity index (χ2v) is 6.16. The molecule has 0 unspecified atom stereocenters. The van der Waals surface area contributed by atoms with E-state index >= 15 is 0 Å². The largest absolute Gasteiger partial charge is 0.383 e. The quantitative estimate of drug-likeness (QED) is 0.429. The van der Waals surface area contributed by atoms with Crippen LogP contribution in [-0.4, -0.2) is 64.0 Å². The van der Waals surface area contributed by atoms with Gasteiger partial charge in [-0.2, -0.15) is 0 Å². The maximum Gasteiger partial charge on any atom is 0.193 e. The van der Waals surface area contributed by atoms with Crippen molar-refractivity contribution in [1.29, 1.82) is 0 Å². The van der Waals surface area contributed by atoms with Crippen molar-refractivity contribution in [1.82, 2.24) is 10.2 Å². The van der Waals surface area contributed by atoms with Crippen LogP contribution in [-0.2, 0) is 16.0 Å². The van der Waals surface area contributed by atoms with Crippen molar-refractivity contribution in [3.8, 4) is 0 Å². The van der Waals surface area contributed by atoms with Gasteiger partial charge in [0, 0.05) is 52.6 Å². The molecule has 1 saturated heterocycles. The van der Waals surface area contributed by atoms with Gasteiger partial charge in [-0.05, 0) is 37.5 Å². The summed E-state index contributed by atoms with van der Waals surface area (Å²) in [6.07, 6.45) is 2.53. The standard InChI is InChI=1S/C19H32N4O2/c1-4-25-18-9-12-23(13-10-18)19(20-2)22-15-16-5-7-17(8-6-16)21-11-14-24-3/h5-8,18,21H,4,9-15H2,1-3H3,(H,20,22). The number of hydrogen-bond donors (Lipinski definition) is 2. The highest BCUT2D eigenvalue weighted by atomic mass is 16.5. The molecule has 0 spiro atoms. The van der Waals surface area contributed by atoms with Crippen LogP contribution in [0.1, 0.15) is 25.3 Å². The third-order valence-electron chi connectivity index (χ3n) is 4.40. The monoisotopic (exact) mass is 348 g/mol. The van der Waals surface area contributed by atoms with E-state index in [4.69, 9.17) is 9.47 Å². The highest BCUT2D eigenvalue weighted by Gasteiger charge is 2.21. The van der Waals surface area contributed by atoms with Gasteiger partial charge in [-0.3, -0.25) is 4.99 Å². The van der Waals surface area contributed by atoms with E-state index in [9.17, 15) is 0 Å². The van der Waals surface area contributed by atoms with Crippen LogP contribution < -0.4 is 10.6 Å². The predicted octanol–water partition coefficient (Wildman–Crippen LogP) is 2.32. The molecule has 25 heavy (non-hydrogen) atoms. The molecule has 1 aromatic carbocycles. The van der Waals surface area contributed by atoms with Crippen molar-refractivity contribution in [2.45, 2.75) is 32.4 Å². The first-order valence-electron chi connectivity index (χ1n) is 9.15. The zero-order valence-electron chi connectivity index (χ0n) is 15.8. The lowest BCUT2D eigenvalue weighted by Crippen LogP contribution is -2.46. The average Bonchev–Trinajstić information content (AvgIpc) is 2.65. The second-order valence-electron chi connectivity index (χ2n) is 6.16. The number of methoxy groups -OCH3 is 1. The van der Waals surface area contributed by atoms with Gasteiger partial charge in [-0.25, -0.2) is 0 Å². The molecule has 1 fully saturated rings. The number of piperidine rings is 1. The van der Waals surface area contributed by atoms with Crippen molar-refractivity contribution in [3.63, 3.8) is 0 Å². The molecule has 140 valence electrons. The number of anilines is 1. The Kier molecular flexibility index (Phi) is 8.55. The van der Waals surface area contributed by atoms with Crippen LogP contribution in [0, 0.1) is 0 Å². The normalized spacial score (nSPS) is 16.1. The van der Waals surface area contributed by atoms with E-state index in [1.165, 1.54) is 5.56 Å². The summed E-state index contributed by atoms with van der Waals surface area (Å²) < 4.78 is 10.8. The summed E-state index contributed by atoms with van der Waals surface area (Å²) in [7, 11) is 3.56. The molecule has 6 nitrogen and oxygen atoms in total. The summed E-state index contributed by atoms with van der Waals surface area (Å²) in [5.41, 5.74) is 2.35. The summed E-state index contributed by atoms with van der Waals surface area (Å²) in [5, 5.41) is 6.79. The van der Waals surface area contributed by atoms with Gasteiger partial charge in [0.1, 0.15) is 0 Å². The Balaban J connectivity index is 1.77. The Hall–Kier alpha value is -1.79. The minimum Gasteiger partial charge on any atom is -0.383 e. The number of rotatable bonds is 8. The lowest BCUT2D eigenvalue weighted by atomic mass is 10.1. The fraction of sp³-hybridized carbons (Fsp3) is 0.632. The van der Waals surface area contributed by atoms with Crippen LogP contribution in [0.2, 0.25) is 0 Å². The molecular formula is C19H32N4O2. The minimum atomic E-state index is 0.400. The molecule has 1 heterocycles. The molecule has 2 rings (SSSR count). The third-order valence-corrected chi connectivity index (χ3v) is 4.40. The zero-order valence-corrected chi connectivity index (χ0v) is 15.8. The number of nitrogens with one attached hydrogen (secondary N) is 2. The molecular weight excluding hydrogens is 316 g/mol. The van der Waals surface area contributed by atoms with Gasteiger partial charge in [-0.1, -0.05) is 12.1 Å². The second kappa shape index (κ2) is 10.9. The van der Waals surface area contributed by atoms with E-state index in [1.807, 2.05) is 7.05 Å². The molecule has 0 atom stereocenters. The van der Waals surface area contributed by atoms with E-state index < -0.39 is 0 Å². The van der Waals surface area contributed by atoms with E-state index in [-0.39, 0.29) is 0 Å². The first-order valence-corrected chi connectivity index (χ1v) is 9.15.